The number of nitrogens with zero attached hydrogens (tertiary/aromatic N) is 4. The van der Waals surface area contributed by atoms with E-state index in [0.29, 0.717) is 6.42 Å². The molecule has 0 unspecified atom stereocenters. The molecule has 0 bridgehead atoms. The Balaban J connectivity index is 2.40. The Morgan fingerprint density at radius 2 is 1.59 bits per heavy atom. The normalized spacial score (nSPS) is 14.8. The lowest BCUT2D eigenvalue weighted by molar-refractivity contribution is -0.120. The van der Waals surface area contributed by atoms with Gasteiger partial charge in [0.05, 0.1) is 11.4 Å². The maximum absolute atomic E-state index is 11.4. The molecule has 6 nitrogen and oxygen atoms in total. The van der Waals surface area contributed by atoms with E-state index in [1.807, 2.05) is 13.8 Å². The van der Waals surface area contributed by atoms with E-state index in [9.17, 15) is 9.59 Å². The second-order valence-corrected chi connectivity index (χ2v) is 3.56. The summed E-state index contributed by atoms with van der Waals surface area (Å²) in [4.78, 5) is 28.0. The van der Waals surface area contributed by atoms with E-state index in [-0.39, 0.29) is 5.95 Å². The molecule has 88 valence electrons. The molecule has 0 atom stereocenters. The average Bonchev–Trinajstić information content (AvgIpc) is 2.68. The highest BCUT2D eigenvalue weighted by molar-refractivity contribution is 6.27. The van der Waals surface area contributed by atoms with Crippen LogP contribution in [0.2, 0.25) is 0 Å². The molecule has 0 aromatic carbocycles. The first-order chi connectivity index (χ1) is 8.17. The van der Waals surface area contributed by atoms with Crippen molar-refractivity contribution in [3.8, 4) is 0 Å². The van der Waals surface area contributed by atoms with Crippen LogP contribution in [0.3, 0.4) is 0 Å². The van der Waals surface area contributed by atoms with Crippen LogP contribution in [-0.2, 0) is 22.4 Å². The van der Waals surface area contributed by atoms with Crippen LogP contribution >= 0.6 is 0 Å². The van der Waals surface area contributed by atoms with E-state index in [1.165, 1.54) is 12.2 Å². The lowest BCUT2D eigenvalue weighted by Gasteiger charge is -2.12. The molecule has 2 rings (SSSR count). The second-order valence-electron chi connectivity index (χ2n) is 3.56. The molecular weight excluding hydrogens is 220 g/mol. The lowest BCUT2D eigenvalue weighted by atomic mass is 10.2. The number of aryl methyl sites for hydroxylation is 2. The van der Waals surface area contributed by atoms with Gasteiger partial charge in [-0.1, -0.05) is 13.8 Å². The molecule has 2 amide bonds. The Hall–Kier alpha value is -2.11. The van der Waals surface area contributed by atoms with E-state index >= 15 is 0 Å². The largest absolute Gasteiger partial charge is 0.269 e. The molecule has 0 saturated carbocycles. The molecule has 1 aromatic rings. The van der Waals surface area contributed by atoms with E-state index in [1.54, 1.807) is 0 Å². The van der Waals surface area contributed by atoms with Crippen LogP contribution in [0.4, 0.5) is 5.95 Å². The zero-order valence-electron chi connectivity index (χ0n) is 9.67. The number of amides is 2. The minimum atomic E-state index is -0.428. The molecule has 0 N–H and O–H groups in total. The second kappa shape index (κ2) is 4.40. The van der Waals surface area contributed by atoms with Gasteiger partial charge >= 0.3 is 0 Å². The van der Waals surface area contributed by atoms with Gasteiger partial charge in [0, 0.05) is 12.2 Å². The minimum absolute atomic E-state index is 0.0547. The fraction of sp³-hybridized carbons (Fsp3) is 0.364. The maximum Gasteiger partial charge on any atom is 0.260 e. The Labute approximate surface area is 98.4 Å². The monoisotopic (exact) mass is 232 g/mol. The fourth-order valence-electron chi connectivity index (χ4n) is 1.62. The van der Waals surface area contributed by atoms with Crippen LogP contribution in [0.15, 0.2) is 12.2 Å². The van der Waals surface area contributed by atoms with Crippen molar-refractivity contribution in [2.24, 2.45) is 0 Å². The number of hydrogen-bond donors (Lipinski definition) is 0. The highest BCUT2D eigenvalue weighted by Crippen LogP contribution is 2.15. The van der Waals surface area contributed by atoms with Crippen molar-refractivity contribution in [3.63, 3.8) is 0 Å². The number of aromatic nitrogens is 3. The van der Waals surface area contributed by atoms with Gasteiger partial charge in [-0.3, -0.25) is 9.59 Å². The van der Waals surface area contributed by atoms with Crippen molar-refractivity contribution in [2.45, 2.75) is 26.7 Å². The highest BCUT2D eigenvalue weighted by Gasteiger charge is 2.28. The Kier molecular flexibility index (Phi) is 2.95. The molecular formula is C11H12N4O2. The van der Waals surface area contributed by atoms with E-state index in [4.69, 9.17) is 0 Å². The highest BCUT2D eigenvalue weighted by atomic mass is 16.2. The summed E-state index contributed by atoms with van der Waals surface area (Å²) in [6, 6.07) is 0. The predicted molar refractivity (Wildman–Crippen MR) is 60.2 cm³/mol. The summed E-state index contributed by atoms with van der Waals surface area (Å²) < 4.78 is 0. The summed E-state index contributed by atoms with van der Waals surface area (Å²) in [5, 5.41) is 7.82. The number of carbonyl (C=O) groups is 2. The van der Waals surface area contributed by atoms with Gasteiger partial charge in [0.15, 0.2) is 0 Å². The first kappa shape index (κ1) is 11.4. The van der Waals surface area contributed by atoms with E-state index in [2.05, 4.69) is 15.2 Å². The average molecular weight is 232 g/mol. The van der Waals surface area contributed by atoms with Crippen molar-refractivity contribution >= 4 is 17.8 Å². The molecule has 1 aliphatic rings. The summed E-state index contributed by atoms with van der Waals surface area (Å²) in [5.41, 5.74) is 1.56. The quantitative estimate of drug-likeness (QED) is 0.706. The van der Waals surface area contributed by atoms with E-state index in [0.717, 1.165) is 22.7 Å². The summed E-state index contributed by atoms with van der Waals surface area (Å²) >= 11 is 0. The van der Waals surface area contributed by atoms with Gasteiger partial charge < -0.3 is 0 Å². The molecule has 0 aliphatic carbocycles. The Morgan fingerprint density at radius 3 is 2.12 bits per heavy atom. The molecule has 0 saturated heterocycles. The first-order valence-corrected chi connectivity index (χ1v) is 5.46. The molecule has 1 aromatic heterocycles. The molecule has 2 heterocycles. The third kappa shape index (κ3) is 1.93. The lowest BCUT2D eigenvalue weighted by Crippen LogP contribution is -2.32. The van der Waals surface area contributed by atoms with Crippen LogP contribution < -0.4 is 4.90 Å². The number of anilines is 1. The van der Waals surface area contributed by atoms with Crippen molar-refractivity contribution in [2.75, 3.05) is 4.90 Å². The summed E-state index contributed by atoms with van der Waals surface area (Å²) in [6.07, 6.45) is 3.81. The smallest absolute Gasteiger partial charge is 0.260 e. The molecule has 0 radical (unpaired) electrons. The molecule has 0 spiro atoms. The molecule has 0 fully saturated rings. The van der Waals surface area contributed by atoms with Crippen molar-refractivity contribution in [1.82, 2.24) is 15.2 Å². The van der Waals surface area contributed by atoms with Gasteiger partial charge in [-0.05, 0) is 12.8 Å². The Bertz CT molecular complexity index is 492. The fourth-order valence-corrected chi connectivity index (χ4v) is 1.62. The third-order valence-electron chi connectivity index (χ3n) is 2.51. The number of rotatable bonds is 3. The van der Waals surface area contributed by atoms with Crippen molar-refractivity contribution in [3.05, 3.63) is 23.5 Å². The molecule has 6 heteroatoms. The maximum atomic E-state index is 11.4. The van der Waals surface area contributed by atoms with Gasteiger partial charge in [-0.2, -0.15) is 0 Å². The van der Waals surface area contributed by atoms with Crippen molar-refractivity contribution in [1.29, 1.82) is 0 Å². The van der Waals surface area contributed by atoms with Gasteiger partial charge in [0.2, 0.25) is 0 Å². The van der Waals surface area contributed by atoms with Crippen LogP contribution in [-0.4, -0.2) is 27.0 Å². The van der Waals surface area contributed by atoms with Gasteiger partial charge in [-0.15, -0.1) is 10.2 Å². The summed E-state index contributed by atoms with van der Waals surface area (Å²) in [6.45, 7) is 3.90. The zero-order valence-corrected chi connectivity index (χ0v) is 9.67. The van der Waals surface area contributed by atoms with Crippen LogP contribution in [0.1, 0.15) is 25.2 Å². The summed E-state index contributed by atoms with van der Waals surface area (Å²) in [5.74, 6) is -0.801. The van der Waals surface area contributed by atoms with E-state index < -0.39 is 11.8 Å². The number of hydrogen-bond acceptors (Lipinski definition) is 5. The topological polar surface area (TPSA) is 76.1 Å². The Morgan fingerprint density at radius 1 is 1.00 bits per heavy atom. The third-order valence-corrected chi connectivity index (χ3v) is 2.51. The van der Waals surface area contributed by atoms with Gasteiger partial charge in [0.25, 0.3) is 17.8 Å². The summed E-state index contributed by atoms with van der Waals surface area (Å²) in [7, 11) is 0. The standard InChI is InChI=1S/C11H12N4O2/c1-3-7-8(4-2)13-14-11(12-7)15-9(16)5-6-10(15)17/h5-6H,3-4H2,1-2H3. The van der Waals surface area contributed by atoms with Gasteiger partial charge in [-0.25, -0.2) is 9.88 Å². The van der Waals surface area contributed by atoms with Crippen LogP contribution in [0, 0.1) is 0 Å². The predicted octanol–water partition coefficient (Wildman–Crippen LogP) is 0.426. The molecule has 1 aliphatic heterocycles. The SMILES string of the molecule is CCc1nnc(N2C(=O)C=CC2=O)nc1CC. The number of carbonyl (C=O) groups excluding carboxylic acids is 2. The van der Waals surface area contributed by atoms with Gasteiger partial charge in [0.1, 0.15) is 0 Å². The van der Waals surface area contributed by atoms with Crippen LogP contribution in [0.25, 0.3) is 0 Å². The van der Waals surface area contributed by atoms with Crippen LogP contribution in [0.5, 0.6) is 0 Å². The number of imide groups is 1. The van der Waals surface area contributed by atoms with Crippen molar-refractivity contribution < 1.29 is 9.59 Å². The zero-order chi connectivity index (χ0) is 12.4. The minimum Gasteiger partial charge on any atom is -0.269 e. The molecule has 17 heavy (non-hydrogen) atoms. The first-order valence-electron chi connectivity index (χ1n) is 5.46.